The lowest BCUT2D eigenvalue weighted by Crippen LogP contribution is -2.51. The van der Waals surface area contributed by atoms with Crippen molar-refractivity contribution in [3.63, 3.8) is 0 Å². The minimum absolute atomic E-state index is 0.0427. The molecule has 0 radical (unpaired) electrons. The average molecular weight is 345 g/mol. The first-order valence-corrected chi connectivity index (χ1v) is 9.96. The van der Waals surface area contributed by atoms with Gasteiger partial charge in [0, 0.05) is 25.8 Å². The van der Waals surface area contributed by atoms with Crippen molar-refractivity contribution in [1.29, 1.82) is 0 Å². The lowest BCUT2D eigenvalue weighted by Gasteiger charge is -2.42. The molecule has 0 aromatic carbocycles. The van der Waals surface area contributed by atoms with Gasteiger partial charge in [-0.05, 0) is 63.6 Å². The van der Waals surface area contributed by atoms with E-state index in [1.807, 2.05) is 6.20 Å². The number of nitrogens with zero attached hydrogens (tertiary/aromatic N) is 4. The van der Waals surface area contributed by atoms with Crippen LogP contribution in [0, 0.1) is 11.3 Å². The zero-order chi connectivity index (χ0) is 17.7. The van der Waals surface area contributed by atoms with Gasteiger partial charge < -0.3 is 9.80 Å². The van der Waals surface area contributed by atoms with E-state index in [-0.39, 0.29) is 11.0 Å². The summed E-state index contributed by atoms with van der Waals surface area (Å²) in [5, 5.41) is 4.66. The van der Waals surface area contributed by atoms with Crippen molar-refractivity contribution in [3.05, 3.63) is 18.0 Å². The Hall–Kier alpha value is -1.36. The molecule has 25 heavy (non-hydrogen) atoms. The Morgan fingerprint density at radius 1 is 1.16 bits per heavy atom. The Morgan fingerprint density at radius 2 is 1.84 bits per heavy atom. The maximum atomic E-state index is 13.1. The van der Waals surface area contributed by atoms with Gasteiger partial charge in [0.05, 0.1) is 17.2 Å². The van der Waals surface area contributed by atoms with Crippen molar-refractivity contribution in [2.45, 2.75) is 58.4 Å². The van der Waals surface area contributed by atoms with Gasteiger partial charge >= 0.3 is 0 Å². The molecule has 1 aromatic rings. The molecule has 5 heteroatoms. The van der Waals surface area contributed by atoms with Crippen molar-refractivity contribution in [2.75, 3.05) is 32.7 Å². The Bertz CT molecular complexity index is 634. The molecule has 5 nitrogen and oxygen atoms in total. The second kappa shape index (κ2) is 6.11. The highest BCUT2D eigenvalue weighted by atomic mass is 16.2. The number of rotatable bonds is 4. The number of hydrogen-bond donors (Lipinski definition) is 0. The fourth-order valence-electron chi connectivity index (χ4n) is 4.99. The first-order chi connectivity index (χ1) is 11.9. The Morgan fingerprint density at radius 3 is 2.40 bits per heavy atom. The largest absolute Gasteiger partial charge is 0.342 e. The number of carbonyl (C=O) groups is 1. The van der Waals surface area contributed by atoms with Gasteiger partial charge in [-0.2, -0.15) is 5.10 Å². The molecule has 3 aliphatic heterocycles. The van der Waals surface area contributed by atoms with Crippen LogP contribution in [0.4, 0.5) is 0 Å². The van der Waals surface area contributed by atoms with E-state index in [4.69, 9.17) is 0 Å². The molecule has 0 N–H and O–H groups in total. The monoisotopic (exact) mass is 344 g/mol. The summed E-state index contributed by atoms with van der Waals surface area (Å²) in [6.07, 6.45) is 9.46. The van der Waals surface area contributed by atoms with Gasteiger partial charge in [0.1, 0.15) is 0 Å². The van der Waals surface area contributed by atoms with E-state index < -0.39 is 0 Å². The van der Waals surface area contributed by atoms with Crippen LogP contribution < -0.4 is 0 Å². The highest BCUT2D eigenvalue weighted by Gasteiger charge is 2.51. The molecule has 0 aliphatic carbocycles. The van der Waals surface area contributed by atoms with E-state index in [2.05, 4.69) is 46.5 Å². The SMILES string of the molecule is CC(C)Cc1cnn(C2(C)CCN(C(=O)C34CCN(CC3)C4)CC2)c1. The fraction of sp³-hybridized carbons (Fsp3) is 0.800. The maximum Gasteiger partial charge on any atom is 0.230 e. The van der Waals surface area contributed by atoms with Crippen LogP contribution in [0.25, 0.3) is 0 Å². The summed E-state index contributed by atoms with van der Waals surface area (Å²) in [6, 6.07) is 0. The third-order valence-corrected chi connectivity index (χ3v) is 6.75. The molecule has 2 bridgehead atoms. The molecule has 0 atom stereocenters. The van der Waals surface area contributed by atoms with Crippen molar-refractivity contribution >= 4 is 5.91 Å². The summed E-state index contributed by atoms with van der Waals surface area (Å²) in [6.45, 7) is 11.8. The van der Waals surface area contributed by atoms with Crippen LogP contribution in [0.5, 0.6) is 0 Å². The van der Waals surface area contributed by atoms with E-state index in [0.29, 0.717) is 11.8 Å². The maximum absolute atomic E-state index is 13.1. The van der Waals surface area contributed by atoms with Crippen LogP contribution >= 0.6 is 0 Å². The molecule has 3 fully saturated rings. The van der Waals surface area contributed by atoms with Crippen LogP contribution in [0.1, 0.15) is 52.0 Å². The van der Waals surface area contributed by atoms with Gasteiger partial charge in [0.25, 0.3) is 0 Å². The van der Waals surface area contributed by atoms with E-state index >= 15 is 0 Å². The zero-order valence-electron chi connectivity index (χ0n) is 16.0. The van der Waals surface area contributed by atoms with Crippen LogP contribution in [0.2, 0.25) is 0 Å². The molecule has 3 saturated heterocycles. The topological polar surface area (TPSA) is 41.4 Å². The number of piperidine rings is 2. The van der Waals surface area contributed by atoms with Crippen molar-refractivity contribution in [2.24, 2.45) is 11.3 Å². The number of carbonyl (C=O) groups excluding carboxylic acids is 1. The number of amides is 1. The number of likely N-dealkylation sites (tertiary alicyclic amines) is 1. The Balaban J connectivity index is 1.40. The minimum atomic E-state index is -0.0517. The van der Waals surface area contributed by atoms with Gasteiger partial charge in [-0.3, -0.25) is 9.48 Å². The summed E-state index contributed by atoms with van der Waals surface area (Å²) in [7, 11) is 0. The van der Waals surface area contributed by atoms with E-state index in [1.165, 1.54) is 5.56 Å². The number of fused-ring (bicyclic) bond motifs is 2. The first kappa shape index (κ1) is 17.1. The average Bonchev–Trinajstić information content (AvgIpc) is 3.31. The van der Waals surface area contributed by atoms with Crippen LogP contribution in [-0.2, 0) is 16.8 Å². The second-order valence-electron chi connectivity index (χ2n) is 9.24. The molecule has 4 rings (SSSR count). The van der Waals surface area contributed by atoms with E-state index in [9.17, 15) is 4.79 Å². The van der Waals surface area contributed by atoms with Gasteiger partial charge in [0.15, 0.2) is 0 Å². The molecule has 0 saturated carbocycles. The molecule has 0 spiro atoms. The van der Waals surface area contributed by atoms with Crippen molar-refractivity contribution < 1.29 is 4.79 Å². The second-order valence-corrected chi connectivity index (χ2v) is 9.24. The van der Waals surface area contributed by atoms with E-state index in [1.54, 1.807) is 0 Å². The third-order valence-electron chi connectivity index (χ3n) is 6.75. The lowest BCUT2D eigenvalue weighted by atomic mass is 9.81. The van der Waals surface area contributed by atoms with Crippen LogP contribution in [0.15, 0.2) is 12.4 Å². The number of aromatic nitrogens is 2. The molecule has 1 aromatic heterocycles. The molecule has 4 heterocycles. The first-order valence-electron chi connectivity index (χ1n) is 9.96. The number of hydrogen-bond acceptors (Lipinski definition) is 3. The summed E-state index contributed by atoms with van der Waals surface area (Å²) in [5.41, 5.74) is 1.32. The van der Waals surface area contributed by atoms with Gasteiger partial charge in [-0.25, -0.2) is 0 Å². The van der Waals surface area contributed by atoms with Gasteiger partial charge in [-0.15, -0.1) is 0 Å². The summed E-state index contributed by atoms with van der Waals surface area (Å²) in [5.74, 6) is 1.08. The molecule has 1 amide bonds. The Kier molecular flexibility index (Phi) is 4.18. The summed E-state index contributed by atoms with van der Waals surface area (Å²) < 4.78 is 2.16. The molecule has 0 unspecified atom stereocenters. The summed E-state index contributed by atoms with van der Waals surface area (Å²) in [4.78, 5) is 17.7. The molecule has 3 aliphatic rings. The van der Waals surface area contributed by atoms with Crippen LogP contribution in [0.3, 0.4) is 0 Å². The van der Waals surface area contributed by atoms with Crippen molar-refractivity contribution in [3.8, 4) is 0 Å². The molecule has 138 valence electrons. The quantitative estimate of drug-likeness (QED) is 0.843. The zero-order valence-corrected chi connectivity index (χ0v) is 16.0. The molecular weight excluding hydrogens is 312 g/mol. The summed E-state index contributed by atoms with van der Waals surface area (Å²) >= 11 is 0. The molecular formula is C20H32N4O. The minimum Gasteiger partial charge on any atom is -0.342 e. The normalized spacial score (nSPS) is 31.0. The van der Waals surface area contributed by atoms with Gasteiger partial charge in [-0.1, -0.05) is 13.8 Å². The predicted molar refractivity (Wildman–Crippen MR) is 98.3 cm³/mol. The van der Waals surface area contributed by atoms with E-state index in [0.717, 1.165) is 64.8 Å². The smallest absolute Gasteiger partial charge is 0.230 e. The predicted octanol–water partition coefficient (Wildman–Crippen LogP) is 2.52. The van der Waals surface area contributed by atoms with Crippen LogP contribution in [-0.4, -0.2) is 58.2 Å². The van der Waals surface area contributed by atoms with Gasteiger partial charge in [0.2, 0.25) is 5.91 Å². The fourth-order valence-corrected chi connectivity index (χ4v) is 4.99. The van der Waals surface area contributed by atoms with Crippen molar-refractivity contribution in [1.82, 2.24) is 19.6 Å². The highest BCUT2D eigenvalue weighted by Crippen LogP contribution is 2.43. The standard InChI is InChI=1S/C20H32N4O/c1-16(2)12-17-13-21-24(14-17)19(3)4-10-23(11-5-19)18(25)20-6-8-22(15-20)9-7-20/h13-14,16H,4-12,15H2,1-3H3. The highest BCUT2D eigenvalue weighted by molar-refractivity contribution is 5.84. The Labute approximate surface area is 151 Å². The third kappa shape index (κ3) is 3.01. The lowest BCUT2D eigenvalue weighted by molar-refractivity contribution is -0.143.